The van der Waals surface area contributed by atoms with Crippen LogP contribution in [0.15, 0.2) is 60.9 Å². The molecule has 4 N–H and O–H groups in total. The largest absolute Gasteiger partial charge is 0.443 e. The third kappa shape index (κ3) is 19.3. The van der Waals surface area contributed by atoms with Crippen molar-refractivity contribution < 1.29 is 19.1 Å². The third-order valence-corrected chi connectivity index (χ3v) is 8.26. The molecule has 4 aromatic rings. The predicted octanol–water partition coefficient (Wildman–Crippen LogP) is 10.5. The van der Waals surface area contributed by atoms with Crippen LogP contribution in [0.4, 0.5) is 44.5 Å². The van der Waals surface area contributed by atoms with E-state index < -0.39 is 23.4 Å². The highest BCUT2D eigenvalue weighted by Gasteiger charge is 2.30. The molecule has 0 bridgehead atoms. The molecule has 2 aromatic carbocycles. The van der Waals surface area contributed by atoms with Gasteiger partial charge in [0.25, 0.3) is 0 Å². The third-order valence-electron chi connectivity index (χ3n) is 8.00. The fourth-order valence-corrected chi connectivity index (χ4v) is 5.16. The van der Waals surface area contributed by atoms with Gasteiger partial charge in [0.15, 0.2) is 0 Å². The molecule has 0 fully saturated rings. The molecule has 15 nitrogen and oxygen atoms in total. The van der Waals surface area contributed by atoms with Crippen molar-refractivity contribution in [1.82, 2.24) is 24.8 Å². The van der Waals surface area contributed by atoms with E-state index in [2.05, 4.69) is 90.9 Å². The van der Waals surface area contributed by atoms with Crippen molar-refractivity contribution in [2.75, 3.05) is 46.8 Å². The molecule has 4 rings (SSSR count). The number of rotatable bonds is 15. The van der Waals surface area contributed by atoms with Crippen molar-refractivity contribution in [3.63, 3.8) is 0 Å². The van der Waals surface area contributed by atoms with Crippen LogP contribution in [-0.4, -0.2) is 73.7 Å². The van der Waals surface area contributed by atoms with Gasteiger partial charge in [0.05, 0.1) is 46.8 Å². The number of carbonyl (C=O) groups excluding carboxylic acids is 2. The summed E-state index contributed by atoms with van der Waals surface area (Å²) in [7, 11) is 0. The van der Waals surface area contributed by atoms with Gasteiger partial charge >= 0.3 is 12.2 Å². The van der Waals surface area contributed by atoms with Gasteiger partial charge in [0, 0.05) is 49.7 Å². The number of nitriles is 2. The maximum atomic E-state index is 12.6. The molecule has 2 aromatic heterocycles. The molecule has 0 spiro atoms. The van der Waals surface area contributed by atoms with Gasteiger partial charge in [-0.1, -0.05) is 37.5 Å². The highest BCUT2D eigenvalue weighted by molar-refractivity contribution is 6.17. The van der Waals surface area contributed by atoms with Gasteiger partial charge in [0.2, 0.25) is 11.9 Å². The number of imide groups is 1. The number of halogens is 1. The van der Waals surface area contributed by atoms with Crippen LogP contribution < -0.4 is 21.3 Å². The molecule has 0 saturated heterocycles. The SMILES string of the molecule is CCCNc1nc(Nc2ccc(C#N)cc2)ncc1C#CCCCCl.CCCNc1nc(Nc2ccc(C#N)cc2)ncc1C#CCCCN(C(=O)OC(C)(C)C)C(=O)OC(C)(C)C. The number of nitrogens with zero attached hydrogens (tertiary/aromatic N) is 7. The maximum absolute atomic E-state index is 12.6. The van der Waals surface area contributed by atoms with E-state index in [0.29, 0.717) is 65.5 Å². The second-order valence-corrected chi connectivity index (χ2v) is 16.4. The van der Waals surface area contributed by atoms with Gasteiger partial charge in [-0.25, -0.2) is 24.5 Å². The van der Waals surface area contributed by atoms with Gasteiger partial charge in [-0.3, -0.25) is 0 Å². The molecule has 0 saturated carbocycles. The topological polar surface area (TPSA) is 203 Å². The Morgan fingerprint density at radius 1 is 0.672 bits per heavy atom. The fraction of sp³-hybridized carbons (Fsp3) is 0.417. The minimum absolute atomic E-state index is 0.101. The minimum atomic E-state index is -0.755. The molecule has 16 heteroatoms. The molecule has 0 atom stereocenters. The number of ether oxygens (including phenoxy) is 2. The van der Waals surface area contributed by atoms with Gasteiger partial charge in [-0.2, -0.15) is 20.5 Å². The summed E-state index contributed by atoms with van der Waals surface area (Å²) in [5.41, 5.74) is 2.66. The first-order valence-corrected chi connectivity index (χ1v) is 21.6. The number of nitrogens with one attached hydrogen (secondary N) is 4. The normalized spacial score (nSPS) is 10.4. The quantitative estimate of drug-likeness (QED) is 0.0498. The van der Waals surface area contributed by atoms with E-state index in [1.54, 1.807) is 90.3 Å². The zero-order chi connectivity index (χ0) is 47.0. The second kappa shape index (κ2) is 26.4. The van der Waals surface area contributed by atoms with Crippen LogP contribution in [0.3, 0.4) is 0 Å². The smallest absolute Gasteiger partial charge is 0.419 e. The van der Waals surface area contributed by atoms with Crippen LogP contribution in [0.1, 0.15) is 116 Å². The van der Waals surface area contributed by atoms with Crippen LogP contribution >= 0.6 is 11.6 Å². The number of hydrogen-bond donors (Lipinski definition) is 4. The second-order valence-electron chi connectivity index (χ2n) is 16.0. The number of anilines is 6. The number of aromatic nitrogens is 4. The molecule has 0 aliphatic carbocycles. The molecular weight excluding hydrogens is 830 g/mol. The van der Waals surface area contributed by atoms with Crippen molar-refractivity contribution in [3.05, 3.63) is 83.2 Å². The lowest BCUT2D eigenvalue weighted by Crippen LogP contribution is -2.44. The molecule has 0 unspecified atom stereocenters. The number of carbonyl (C=O) groups is 2. The van der Waals surface area contributed by atoms with E-state index >= 15 is 0 Å². The van der Waals surface area contributed by atoms with Crippen molar-refractivity contribution in [2.45, 2.75) is 105 Å². The zero-order valence-electron chi connectivity index (χ0n) is 38.0. The summed E-state index contributed by atoms with van der Waals surface area (Å²) in [6.07, 6.45) is 6.20. The summed E-state index contributed by atoms with van der Waals surface area (Å²) in [6, 6.07) is 18.3. The summed E-state index contributed by atoms with van der Waals surface area (Å²) in [6.45, 7) is 16.2. The lowest BCUT2D eigenvalue weighted by Gasteiger charge is -2.28. The van der Waals surface area contributed by atoms with Crippen LogP contribution in [0.25, 0.3) is 0 Å². The van der Waals surface area contributed by atoms with Crippen molar-refractivity contribution in [2.24, 2.45) is 0 Å². The summed E-state index contributed by atoms with van der Waals surface area (Å²) in [4.78, 5) is 44.0. The van der Waals surface area contributed by atoms with Gasteiger partial charge in [-0.05, 0) is 116 Å². The van der Waals surface area contributed by atoms with Gasteiger partial charge < -0.3 is 30.7 Å². The van der Waals surface area contributed by atoms with Gasteiger partial charge in [-0.15, -0.1) is 11.6 Å². The van der Waals surface area contributed by atoms with E-state index in [9.17, 15) is 9.59 Å². The van der Waals surface area contributed by atoms with E-state index in [-0.39, 0.29) is 6.54 Å². The van der Waals surface area contributed by atoms with Crippen molar-refractivity contribution >= 4 is 58.7 Å². The Labute approximate surface area is 382 Å². The van der Waals surface area contributed by atoms with Crippen LogP contribution in [0.2, 0.25) is 0 Å². The maximum Gasteiger partial charge on any atom is 0.419 e. The number of hydrogen-bond acceptors (Lipinski definition) is 14. The molecule has 0 radical (unpaired) electrons. The van der Waals surface area contributed by atoms with Gasteiger partial charge in [0.1, 0.15) is 22.8 Å². The first kappa shape index (κ1) is 51.3. The summed E-state index contributed by atoms with van der Waals surface area (Å²) in [5.74, 6) is 15.2. The first-order valence-electron chi connectivity index (χ1n) is 21.1. The molecule has 2 amide bonds. The highest BCUT2D eigenvalue weighted by Crippen LogP contribution is 2.20. The molecule has 2 heterocycles. The minimum Gasteiger partial charge on any atom is -0.443 e. The average molecular weight is 889 g/mol. The van der Waals surface area contributed by atoms with Crippen molar-refractivity contribution in [1.29, 1.82) is 10.5 Å². The first-order chi connectivity index (χ1) is 30.6. The fourth-order valence-electron chi connectivity index (χ4n) is 5.03. The number of amides is 2. The van der Waals surface area contributed by atoms with E-state index in [1.807, 2.05) is 12.1 Å². The summed E-state index contributed by atoms with van der Waals surface area (Å²) < 4.78 is 10.8. The standard InChI is InChI=1S/C29H38N6O4.C19H20ClN5/c1-8-17-31-24-22(20-32-25(34-24)33-23-15-13-21(19-30)14-16-23)12-10-9-11-18-35(26(36)38-28(2,3)4)27(37)39-29(5,6)7;1-2-12-22-18-16(6-4-3-5-11-20)14-23-19(25-18)24-17-9-7-15(13-21)8-10-17/h13-16,20H,8-9,11,17-18H2,1-7H3,(H2,31,32,33,34);7-10,14H,2-3,5,11-12H2,1H3,(H2,22,23,24,25). The number of alkyl halides is 1. The number of benzene rings is 2. The lowest BCUT2D eigenvalue weighted by molar-refractivity contribution is 0.00134. The van der Waals surface area contributed by atoms with Crippen LogP contribution in [0.5, 0.6) is 0 Å². The Bertz CT molecular complexity index is 2310. The Balaban J connectivity index is 0.000000374. The Morgan fingerprint density at radius 3 is 1.44 bits per heavy atom. The molecule has 0 aliphatic rings. The molecular formula is C48H58ClN11O4. The average Bonchev–Trinajstić information content (AvgIpc) is 3.25. The van der Waals surface area contributed by atoms with Crippen LogP contribution in [0, 0.1) is 46.3 Å². The lowest BCUT2D eigenvalue weighted by atomic mass is 10.2. The molecule has 336 valence electrons. The van der Waals surface area contributed by atoms with E-state index in [1.165, 1.54) is 0 Å². The number of unbranched alkanes of at least 4 members (excludes halogenated alkanes) is 2. The molecule has 64 heavy (non-hydrogen) atoms. The Kier molecular flexibility index (Phi) is 21.2. The summed E-state index contributed by atoms with van der Waals surface area (Å²) >= 11 is 5.67. The van der Waals surface area contributed by atoms with E-state index in [0.717, 1.165) is 54.1 Å². The van der Waals surface area contributed by atoms with Crippen LogP contribution in [-0.2, 0) is 9.47 Å². The Morgan fingerprint density at radius 2 is 1.08 bits per heavy atom. The van der Waals surface area contributed by atoms with E-state index in [4.69, 9.17) is 31.6 Å². The Hall–Kier alpha value is -7.07. The van der Waals surface area contributed by atoms with Crippen molar-refractivity contribution in [3.8, 4) is 35.8 Å². The molecule has 0 aliphatic heterocycles. The predicted molar refractivity (Wildman–Crippen MR) is 253 cm³/mol. The monoisotopic (exact) mass is 887 g/mol. The summed E-state index contributed by atoms with van der Waals surface area (Å²) in [5, 5.41) is 30.6. The zero-order valence-corrected chi connectivity index (χ0v) is 38.7. The highest BCUT2D eigenvalue weighted by atomic mass is 35.5.